The first-order chi connectivity index (χ1) is 45.9. The van der Waals surface area contributed by atoms with Crippen molar-refractivity contribution in [2.75, 3.05) is 39.6 Å². The Morgan fingerprint density at radius 2 is 0.484 bits per heavy atom. The summed E-state index contributed by atoms with van der Waals surface area (Å²) in [6.45, 7) is 9.55. The summed E-state index contributed by atoms with van der Waals surface area (Å²) in [5, 5.41) is 10.6. The van der Waals surface area contributed by atoms with Gasteiger partial charge in [0.25, 0.3) is 0 Å². The number of unbranched alkanes of at least 4 members (excludes halogenated alkanes) is 45. The van der Waals surface area contributed by atoms with Crippen LogP contribution in [0.15, 0.2) is 0 Å². The van der Waals surface area contributed by atoms with E-state index in [0.717, 1.165) is 102 Å². The number of aliphatic hydroxyl groups is 1. The topological polar surface area (TPSA) is 237 Å². The van der Waals surface area contributed by atoms with E-state index >= 15 is 0 Å². The predicted molar refractivity (Wildman–Crippen MR) is 386 cm³/mol. The van der Waals surface area contributed by atoms with Crippen molar-refractivity contribution in [3.05, 3.63) is 0 Å². The van der Waals surface area contributed by atoms with Crippen LogP contribution in [0.1, 0.15) is 395 Å². The lowest BCUT2D eigenvalue weighted by Gasteiger charge is -2.21. The van der Waals surface area contributed by atoms with E-state index in [1.807, 2.05) is 0 Å². The first-order valence-corrected chi connectivity index (χ1v) is 42.5. The van der Waals surface area contributed by atoms with Gasteiger partial charge in [-0.1, -0.05) is 343 Å². The number of carbonyl (C=O) groups is 4. The van der Waals surface area contributed by atoms with Crippen molar-refractivity contribution in [2.24, 2.45) is 11.8 Å². The molecule has 3 N–H and O–H groups in total. The van der Waals surface area contributed by atoms with Crippen LogP contribution in [0.25, 0.3) is 0 Å². The number of ether oxygens (including phenoxy) is 4. The van der Waals surface area contributed by atoms with Gasteiger partial charge in [-0.2, -0.15) is 0 Å². The molecule has 0 aromatic heterocycles. The van der Waals surface area contributed by atoms with Crippen LogP contribution in [0.5, 0.6) is 0 Å². The largest absolute Gasteiger partial charge is 0.472 e. The minimum Gasteiger partial charge on any atom is -0.462 e. The van der Waals surface area contributed by atoms with Crippen molar-refractivity contribution in [1.29, 1.82) is 0 Å². The Morgan fingerprint density at radius 1 is 0.284 bits per heavy atom. The smallest absolute Gasteiger partial charge is 0.462 e. The van der Waals surface area contributed by atoms with Gasteiger partial charge < -0.3 is 33.8 Å². The highest BCUT2D eigenvalue weighted by atomic mass is 31.2. The summed E-state index contributed by atoms with van der Waals surface area (Å²) in [6, 6.07) is 0. The highest BCUT2D eigenvalue weighted by Crippen LogP contribution is 2.45. The van der Waals surface area contributed by atoms with E-state index in [9.17, 15) is 43.2 Å². The number of rotatable bonds is 75. The van der Waals surface area contributed by atoms with Gasteiger partial charge in [-0.05, 0) is 37.5 Å². The second kappa shape index (κ2) is 67.9. The Morgan fingerprint density at radius 3 is 0.716 bits per heavy atom. The molecule has 0 heterocycles. The number of phosphoric acid groups is 2. The molecule has 0 aliphatic carbocycles. The van der Waals surface area contributed by atoms with E-state index in [1.54, 1.807) is 0 Å². The average molecular weight is 1400 g/mol. The van der Waals surface area contributed by atoms with Crippen LogP contribution >= 0.6 is 15.6 Å². The van der Waals surface area contributed by atoms with Crippen LogP contribution in [0.4, 0.5) is 0 Å². The Kier molecular flexibility index (Phi) is 66.5. The molecule has 0 fully saturated rings. The van der Waals surface area contributed by atoms with Gasteiger partial charge in [0.05, 0.1) is 26.4 Å². The van der Waals surface area contributed by atoms with Crippen molar-refractivity contribution >= 4 is 39.5 Å². The lowest BCUT2D eigenvalue weighted by molar-refractivity contribution is -0.161. The molecular weight excluding hydrogens is 1250 g/mol. The van der Waals surface area contributed by atoms with Crippen LogP contribution in [0.3, 0.4) is 0 Å². The molecule has 17 nitrogen and oxygen atoms in total. The molecular formula is C76H148O17P2. The summed E-state index contributed by atoms with van der Waals surface area (Å²) in [4.78, 5) is 72.8. The number of phosphoric ester groups is 2. The molecule has 0 bridgehead atoms. The van der Waals surface area contributed by atoms with Gasteiger partial charge in [-0.15, -0.1) is 0 Å². The van der Waals surface area contributed by atoms with Crippen LogP contribution in [-0.2, 0) is 65.4 Å². The molecule has 19 heteroatoms. The molecule has 0 saturated heterocycles. The average Bonchev–Trinajstić information content (AvgIpc) is 1.80. The zero-order chi connectivity index (χ0) is 70.0. The van der Waals surface area contributed by atoms with Gasteiger partial charge in [0.1, 0.15) is 19.3 Å². The zero-order valence-corrected chi connectivity index (χ0v) is 63.8. The van der Waals surface area contributed by atoms with Gasteiger partial charge in [0.2, 0.25) is 0 Å². The maximum Gasteiger partial charge on any atom is 0.472 e. The highest BCUT2D eigenvalue weighted by Gasteiger charge is 2.30. The Hall–Kier alpha value is -1.94. The molecule has 0 aromatic rings. The summed E-state index contributed by atoms with van der Waals surface area (Å²) in [5.41, 5.74) is 0. The van der Waals surface area contributed by atoms with Crippen LogP contribution in [0.2, 0.25) is 0 Å². The molecule has 0 amide bonds. The summed E-state index contributed by atoms with van der Waals surface area (Å²) in [6.07, 6.45) is 55.6. The number of esters is 4. The minimum absolute atomic E-state index is 0.106. The number of aliphatic hydroxyl groups excluding tert-OH is 1. The minimum atomic E-state index is -4.96. The summed E-state index contributed by atoms with van der Waals surface area (Å²) < 4.78 is 68.5. The molecule has 0 saturated carbocycles. The second-order valence-corrected chi connectivity index (χ2v) is 31.3. The van der Waals surface area contributed by atoms with Crippen LogP contribution < -0.4 is 0 Å². The Balaban J connectivity index is 5.22. The van der Waals surface area contributed by atoms with E-state index in [4.69, 9.17) is 37.0 Å². The molecule has 0 spiro atoms. The van der Waals surface area contributed by atoms with E-state index in [-0.39, 0.29) is 25.7 Å². The van der Waals surface area contributed by atoms with Crippen molar-refractivity contribution in [3.63, 3.8) is 0 Å². The number of hydrogen-bond donors (Lipinski definition) is 3. The zero-order valence-electron chi connectivity index (χ0n) is 62.0. The molecule has 0 aromatic carbocycles. The van der Waals surface area contributed by atoms with Gasteiger partial charge in [-0.3, -0.25) is 37.3 Å². The Labute approximate surface area is 581 Å². The highest BCUT2D eigenvalue weighted by molar-refractivity contribution is 7.47. The van der Waals surface area contributed by atoms with E-state index in [0.29, 0.717) is 31.6 Å². The fourth-order valence-corrected chi connectivity index (χ4v) is 13.2. The summed E-state index contributed by atoms with van der Waals surface area (Å²) in [7, 11) is -9.91. The maximum atomic E-state index is 13.1. The predicted octanol–water partition coefficient (Wildman–Crippen LogP) is 22.3. The standard InChI is InChI=1S/C76H148O17P2/c1-7-9-11-13-15-17-19-20-21-22-23-24-25-26-32-36-42-49-55-61-76(81)92-71(64-86-73(78)58-52-46-40-34-31-28-27-30-33-38-44-50-56-68(3)4)66-90-94(82,83)88-62-70(77)63-89-95(84,85)91-67-72(65-87-74(79)59-53-47-43-37-39-45-51-57-69(5)6)93-75(80)60-54-48-41-35-29-18-16-14-12-10-8-2/h68-72,77H,7-67H2,1-6H3,(H,82,83)(H,84,85)/t70-,71-,72-/m1/s1. The summed E-state index contributed by atoms with van der Waals surface area (Å²) >= 11 is 0. The van der Waals surface area contributed by atoms with E-state index < -0.39 is 97.5 Å². The molecule has 0 aliphatic rings. The van der Waals surface area contributed by atoms with E-state index in [1.165, 1.54) is 205 Å². The van der Waals surface area contributed by atoms with Crippen molar-refractivity contribution in [2.45, 2.75) is 413 Å². The maximum absolute atomic E-state index is 13.1. The monoisotopic (exact) mass is 1400 g/mol. The van der Waals surface area contributed by atoms with Crippen molar-refractivity contribution in [1.82, 2.24) is 0 Å². The molecule has 564 valence electrons. The van der Waals surface area contributed by atoms with Crippen molar-refractivity contribution in [3.8, 4) is 0 Å². The van der Waals surface area contributed by atoms with Gasteiger partial charge in [0, 0.05) is 25.7 Å². The lowest BCUT2D eigenvalue weighted by atomic mass is 10.0. The van der Waals surface area contributed by atoms with Crippen LogP contribution in [0, 0.1) is 11.8 Å². The molecule has 0 radical (unpaired) electrons. The molecule has 0 rings (SSSR count). The first-order valence-electron chi connectivity index (χ1n) is 39.5. The Bertz CT molecular complexity index is 1840. The van der Waals surface area contributed by atoms with Crippen LogP contribution in [-0.4, -0.2) is 96.7 Å². The van der Waals surface area contributed by atoms with E-state index in [2.05, 4.69) is 41.5 Å². The quantitative estimate of drug-likeness (QED) is 0.0222. The third kappa shape index (κ3) is 70.3. The second-order valence-electron chi connectivity index (χ2n) is 28.3. The normalized spacial score (nSPS) is 14.0. The third-order valence-electron chi connectivity index (χ3n) is 17.7. The molecule has 95 heavy (non-hydrogen) atoms. The molecule has 0 aliphatic heterocycles. The number of carbonyl (C=O) groups excluding carboxylic acids is 4. The fourth-order valence-electron chi connectivity index (χ4n) is 11.7. The third-order valence-corrected chi connectivity index (χ3v) is 19.6. The number of hydrogen-bond acceptors (Lipinski definition) is 15. The molecule has 5 atom stereocenters. The van der Waals surface area contributed by atoms with Crippen molar-refractivity contribution < 1.29 is 80.2 Å². The van der Waals surface area contributed by atoms with Gasteiger partial charge in [0.15, 0.2) is 12.2 Å². The van der Waals surface area contributed by atoms with Gasteiger partial charge >= 0.3 is 39.5 Å². The lowest BCUT2D eigenvalue weighted by Crippen LogP contribution is -2.30. The fraction of sp³-hybridized carbons (Fsp3) is 0.947. The summed E-state index contributed by atoms with van der Waals surface area (Å²) in [5.74, 6) is -0.629. The van der Waals surface area contributed by atoms with Gasteiger partial charge in [-0.25, -0.2) is 9.13 Å². The first kappa shape index (κ1) is 93.1. The molecule has 2 unspecified atom stereocenters. The SMILES string of the molecule is CCCCCCCCCCCCCCCCCCCCCC(=O)O[C@H](COC(=O)CCCCCCCCCCCCCCC(C)C)COP(=O)(O)OC[C@@H](O)COP(=O)(O)OC[C@@H](COC(=O)CCCCCCCCCC(C)C)OC(=O)CCCCCCCCCCCCC.